The van der Waals surface area contributed by atoms with Crippen molar-refractivity contribution >= 4 is 22.2 Å². The Morgan fingerprint density at radius 1 is 1.12 bits per heavy atom. The summed E-state index contributed by atoms with van der Waals surface area (Å²) in [6.07, 6.45) is 8.02. The van der Waals surface area contributed by atoms with Gasteiger partial charge in [0.2, 0.25) is 0 Å². The molecule has 6 nitrogen and oxygen atoms in total. The van der Waals surface area contributed by atoms with Crippen molar-refractivity contribution in [3.8, 4) is 6.07 Å². The summed E-state index contributed by atoms with van der Waals surface area (Å²) < 4.78 is 11.7. The number of hydrogen-bond acceptors (Lipinski definition) is 5. The van der Waals surface area contributed by atoms with Crippen LogP contribution in [0.25, 0.3) is 16.5 Å². The molecule has 6 rings (SSSR count). The minimum Gasteiger partial charge on any atom is -0.378 e. The average Bonchev–Trinajstić information content (AvgIpc) is 3.47. The number of nitrogens with one attached hydrogen (secondary N) is 2. The molecule has 1 atom stereocenters. The Morgan fingerprint density at radius 3 is 2.84 bits per heavy atom. The molecule has 1 fully saturated rings. The minimum atomic E-state index is -0.415. The summed E-state index contributed by atoms with van der Waals surface area (Å²) in [6, 6.07) is 15.0. The normalized spacial score (nSPS) is 21.8. The lowest BCUT2D eigenvalue weighted by atomic mass is 9.86. The highest BCUT2D eigenvalue weighted by Gasteiger charge is 2.38. The summed E-state index contributed by atoms with van der Waals surface area (Å²) in [7, 11) is 0. The van der Waals surface area contributed by atoms with Gasteiger partial charge in [-0.05, 0) is 72.7 Å². The summed E-state index contributed by atoms with van der Waals surface area (Å²) in [4.78, 5) is 0. The largest absolute Gasteiger partial charge is 0.378 e. The predicted octanol–water partition coefficient (Wildman–Crippen LogP) is 5.23. The Labute approximate surface area is 187 Å². The molecule has 1 aromatic heterocycles. The van der Waals surface area contributed by atoms with Crippen LogP contribution < -0.4 is 5.32 Å². The highest BCUT2D eigenvalue weighted by molar-refractivity contribution is 5.92. The summed E-state index contributed by atoms with van der Waals surface area (Å²) >= 11 is 0. The third-order valence-electron chi connectivity index (χ3n) is 7.04. The van der Waals surface area contributed by atoms with Crippen LogP contribution in [0.15, 0.2) is 42.5 Å². The molecule has 0 bridgehead atoms. The first-order valence-corrected chi connectivity index (χ1v) is 11.5. The molecule has 2 aliphatic carbocycles. The number of fused-ring (bicyclic) bond motifs is 2. The highest BCUT2D eigenvalue weighted by atomic mass is 16.7. The van der Waals surface area contributed by atoms with E-state index in [2.05, 4.69) is 51.9 Å². The predicted molar refractivity (Wildman–Crippen MR) is 123 cm³/mol. The van der Waals surface area contributed by atoms with Crippen LogP contribution in [-0.2, 0) is 15.9 Å². The molecule has 3 aromatic rings. The quantitative estimate of drug-likeness (QED) is 0.599. The second kappa shape index (κ2) is 7.77. The van der Waals surface area contributed by atoms with E-state index in [0.29, 0.717) is 13.2 Å². The second-order valence-corrected chi connectivity index (χ2v) is 8.99. The maximum atomic E-state index is 9.22. The van der Waals surface area contributed by atoms with Crippen LogP contribution >= 0.6 is 0 Å². The van der Waals surface area contributed by atoms with Crippen LogP contribution in [0, 0.1) is 11.3 Å². The Morgan fingerprint density at radius 2 is 2.03 bits per heavy atom. The van der Waals surface area contributed by atoms with E-state index in [9.17, 15) is 5.26 Å². The number of aromatic amines is 1. The number of rotatable bonds is 3. The van der Waals surface area contributed by atoms with E-state index in [1.54, 1.807) is 0 Å². The number of nitrogens with zero attached hydrogens (tertiary/aromatic N) is 2. The molecule has 0 amide bonds. The fourth-order valence-electron chi connectivity index (χ4n) is 5.37. The second-order valence-electron chi connectivity index (χ2n) is 8.99. The van der Waals surface area contributed by atoms with Crippen molar-refractivity contribution < 1.29 is 9.47 Å². The summed E-state index contributed by atoms with van der Waals surface area (Å²) in [5, 5.41) is 21.9. The van der Waals surface area contributed by atoms with Crippen LogP contribution in [0.3, 0.4) is 0 Å². The van der Waals surface area contributed by atoms with Crippen molar-refractivity contribution in [2.75, 3.05) is 18.5 Å². The third kappa shape index (κ3) is 3.38. The maximum absolute atomic E-state index is 9.22. The molecule has 162 valence electrons. The van der Waals surface area contributed by atoms with Gasteiger partial charge in [0.25, 0.3) is 0 Å². The van der Waals surface area contributed by atoms with Crippen molar-refractivity contribution in [1.82, 2.24) is 10.2 Å². The van der Waals surface area contributed by atoms with E-state index in [1.807, 2.05) is 12.1 Å². The number of hydrogen-bond donors (Lipinski definition) is 2. The van der Waals surface area contributed by atoms with Crippen LogP contribution in [-0.4, -0.2) is 29.2 Å². The van der Waals surface area contributed by atoms with Gasteiger partial charge in [-0.2, -0.15) is 10.4 Å². The molecule has 2 N–H and O–H groups in total. The fraction of sp³-hybridized carbons (Fsp3) is 0.385. The van der Waals surface area contributed by atoms with Crippen molar-refractivity contribution in [3.05, 3.63) is 64.9 Å². The molecule has 1 saturated heterocycles. The van der Waals surface area contributed by atoms with Gasteiger partial charge in [-0.3, -0.25) is 5.10 Å². The summed E-state index contributed by atoms with van der Waals surface area (Å²) in [5.41, 5.74) is 7.75. The average molecular weight is 427 g/mol. The number of anilines is 1. The van der Waals surface area contributed by atoms with Gasteiger partial charge >= 0.3 is 0 Å². The molecular formula is C26H26N4O2. The van der Waals surface area contributed by atoms with Crippen molar-refractivity contribution in [1.29, 1.82) is 5.26 Å². The number of aromatic nitrogens is 2. The first-order chi connectivity index (χ1) is 15.7. The lowest BCUT2D eigenvalue weighted by Crippen LogP contribution is -2.31. The van der Waals surface area contributed by atoms with E-state index < -0.39 is 5.79 Å². The van der Waals surface area contributed by atoms with Gasteiger partial charge in [0.1, 0.15) is 0 Å². The zero-order valence-corrected chi connectivity index (χ0v) is 18.0. The van der Waals surface area contributed by atoms with Crippen molar-refractivity contribution in [2.45, 2.75) is 50.4 Å². The van der Waals surface area contributed by atoms with Gasteiger partial charge in [0.05, 0.1) is 42.1 Å². The number of nitriles is 1. The number of aryl methyl sites for hydroxylation is 1. The molecule has 2 aromatic carbocycles. The zero-order valence-electron chi connectivity index (χ0n) is 18.0. The summed E-state index contributed by atoms with van der Waals surface area (Å²) in [5.74, 6) is -0.415. The first kappa shape index (κ1) is 19.5. The molecule has 0 saturated carbocycles. The number of benzene rings is 2. The topological polar surface area (TPSA) is 83.0 Å². The number of ether oxygens (including phenoxy) is 2. The first-order valence-electron chi connectivity index (χ1n) is 11.5. The van der Waals surface area contributed by atoms with E-state index in [1.165, 1.54) is 16.7 Å². The zero-order chi connectivity index (χ0) is 21.5. The standard InChI is InChI=1S/C26H26N4O2/c27-16-17-4-6-21-19(14-17)2-1-3-23(21)28-20-5-7-24-22(15-20)25(30-29-24)18-8-10-26(11-9-18)31-12-13-32-26/h4-8,14-15,23,28H,1-3,9-13H2,(H,29,30)/t23-/m0/s1. The van der Waals surface area contributed by atoms with Crippen LogP contribution in [0.1, 0.15) is 60.5 Å². The smallest absolute Gasteiger partial charge is 0.172 e. The monoisotopic (exact) mass is 426 g/mol. The number of H-pyrrole nitrogens is 1. The molecule has 32 heavy (non-hydrogen) atoms. The van der Waals surface area contributed by atoms with Gasteiger partial charge in [-0.15, -0.1) is 0 Å². The molecule has 0 unspecified atom stereocenters. The van der Waals surface area contributed by atoms with Gasteiger partial charge in [-0.25, -0.2) is 0 Å². The molecule has 6 heteroatoms. The lowest BCUT2D eigenvalue weighted by molar-refractivity contribution is -0.159. The van der Waals surface area contributed by atoms with E-state index in [4.69, 9.17) is 9.47 Å². The third-order valence-corrected chi connectivity index (χ3v) is 7.04. The minimum absolute atomic E-state index is 0.254. The van der Waals surface area contributed by atoms with Gasteiger partial charge in [0, 0.05) is 23.9 Å². The maximum Gasteiger partial charge on any atom is 0.172 e. The van der Waals surface area contributed by atoms with E-state index in [0.717, 1.165) is 66.4 Å². The number of allylic oxidation sites excluding steroid dienone is 1. The molecule has 1 aliphatic heterocycles. The lowest BCUT2D eigenvalue weighted by Gasteiger charge is -2.30. The fourth-order valence-corrected chi connectivity index (χ4v) is 5.37. The van der Waals surface area contributed by atoms with Crippen molar-refractivity contribution in [3.63, 3.8) is 0 Å². The molecule has 1 spiro atoms. The molecular weight excluding hydrogens is 400 g/mol. The Balaban J connectivity index is 1.28. The molecule has 2 heterocycles. The van der Waals surface area contributed by atoms with E-state index >= 15 is 0 Å². The van der Waals surface area contributed by atoms with Crippen LogP contribution in [0.2, 0.25) is 0 Å². The van der Waals surface area contributed by atoms with Crippen LogP contribution in [0.4, 0.5) is 5.69 Å². The molecule has 3 aliphatic rings. The van der Waals surface area contributed by atoms with Crippen LogP contribution in [0.5, 0.6) is 0 Å². The Kier molecular flexibility index (Phi) is 4.74. The SMILES string of the molecule is N#Cc1ccc2c(c1)CCC[C@@H]2Nc1ccc2[nH]nc(C3=CCC4(CC3)OCCO4)c2c1. The van der Waals surface area contributed by atoms with E-state index in [-0.39, 0.29) is 6.04 Å². The highest BCUT2D eigenvalue weighted by Crippen LogP contribution is 2.40. The van der Waals surface area contributed by atoms with Gasteiger partial charge in [-0.1, -0.05) is 12.1 Å². The van der Waals surface area contributed by atoms with Crippen molar-refractivity contribution in [2.24, 2.45) is 0 Å². The van der Waals surface area contributed by atoms with Gasteiger partial charge < -0.3 is 14.8 Å². The molecule has 0 radical (unpaired) electrons. The van der Waals surface area contributed by atoms with Gasteiger partial charge in [0.15, 0.2) is 5.79 Å². The Hall–Kier alpha value is -3.14. The Bertz CT molecular complexity index is 1250. The summed E-state index contributed by atoms with van der Waals surface area (Å²) in [6.45, 7) is 1.37.